The van der Waals surface area contributed by atoms with Crippen LogP contribution in [0.3, 0.4) is 0 Å². The number of benzene rings is 2. The minimum absolute atomic E-state index is 0.0150. The van der Waals surface area contributed by atoms with Crippen molar-refractivity contribution in [1.82, 2.24) is 10.2 Å². The van der Waals surface area contributed by atoms with Gasteiger partial charge in [0.1, 0.15) is 6.61 Å². The molecule has 0 radical (unpaired) electrons. The Kier molecular flexibility index (Phi) is 8.09. The van der Waals surface area contributed by atoms with Crippen LogP contribution in [0.25, 0.3) is 0 Å². The van der Waals surface area contributed by atoms with E-state index in [1.54, 1.807) is 7.11 Å². The van der Waals surface area contributed by atoms with Crippen LogP contribution < -0.4 is 20.1 Å². The van der Waals surface area contributed by atoms with Crippen LogP contribution in [0.2, 0.25) is 0 Å². The zero-order valence-electron chi connectivity index (χ0n) is 17.3. The summed E-state index contributed by atoms with van der Waals surface area (Å²) in [6.45, 7) is 2.60. The molecule has 7 heteroatoms. The number of piperidine rings is 1. The molecule has 160 valence electrons. The molecular formula is C23H29N3O4. The van der Waals surface area contributed by atoms with Crippen molar-refractivity contribution in [2.24, 2.45) is 5.92 Å². The minimum Gasteiger partial charge on any atom is -0.493 e. The Hall–Kier alpha value is -3.06. The number of carbonyl (C=O) groups excluding carboxylic acids is 2. The number of hydrogen-bond acceptors (Lipinski definition) is 5. The molecule has 1 saturated heterocycles. The summed E-state index contributed by atoms with van der Waals surface area (Å²) in [4.78, 5) is 26.7. The lowest BCUT2D eigenvalue weighted by molar-refractivity contribution is -0.123. The van der Waals surface area contributed by atoms with Gasteiger partial charge in [-0.15, -0.1) is 0 Å². The Morgan fingerprint density at radius 2 is 1.67 bits per heavy atom. The Morgan fingerprint density at radius 3 is 2.37 bits per heavy atom. The van der Waals surface area contributed by atoms with E-state index >= 15 is 0 Å². The van der Waals surface area contributed by atoms with Gasteiger partial charge in [-0.3, -0.25) is 14.5 Å². The van der Waals surface area contributed by atoms with Crippen LogP contribution in [0.15, 0.2) is 54.6 Å². The Bertz CT molecular complexity index is 820. The summed E-state index contributed by atoms with van der Waals surface area (Å²) in [7, 11) is 1.60. The third-order valence-electron chi connectivity index (χ3n) is 5.12. The summed E-state index contributed by atoms with van der Waals surface area (Å²) >= 11 is 0. The number of likely N-dealkylation sites (tertiary alicyclic amines) is 1. The zero-order valence-corrected chi connectivity index (χ0v) is 17.3. The van der Waals surface area contributed by atoms with Crippen LogP contribution in [0.5, 0.6) is 11.5 Å². The molecule has 0 saturated carbocycles. The fourth-order valence-electron chi connectivity index (χ4n) is 3.47. The number of methoxy groups -OCH3 is 1. The predicted molar refractivity (Wildman–Crippen MR) is 116 cm³/mol. The van der Waals surface area contributed by atoms with Crippen molar-refractivity contribution in [3.63, 3.8) is 0 Å². The van der Waals surface area contributed by atoms with Crippen LogP contribution in [0.1, 0.15) is 12.8 Å². The van der Waals surface area contributed by atoms with Crippen LogP contribution in [-0.2, 0) is 9.59 Å². The van der Waals surface area contributed by atoms with E-state index in [1.165, 1.54) is 0 Å². The summed E-state index contributed by atoms with van der Waals surface area (Å²) in [6.07, 6.45) is 1.51. The van der Waals surface area contributed by atoms with Gasteiger partial charge in [0.15, 0.2) is 11.5 Å². The number of carbonyl (C=O) groups is 2. The molecule has 1 aliphatic heterocycles. The van der Waals surface area contributed by atoms with E-state index in [0.29, 0.717) is 31.2 Å². The molecule has 1 aliphatic rings. The summed E-state index contributed by atoms with van der Waals surface area (Å²) in [6, 6.07) is 16.9. The van der Waals surface area contributed by atoms with Crippen LogP contribution in [0, 0.1) is 5.92 Å². The first-order chi connectivity index (χ1) is 14.7. The van der Waals surface area contributed by atoms with Crippen LogP contribution >= 0.6 is 0 Å². The van der Waals surface area contributed by atoms with Gasteiger partial charge in [-0.1, -0.05) is 30.3 Å². The van der Waals surface area contributed by atoms with E-state index in [2.05, 4.69) is 15.5 Å². The van der Waals surface area contributed by atoms with Crippen molar-refractivity contribution in [3.05, 3.63) is 54.6 Å². The number of para-hydroxylation sites is 3. The molecule has 2 aromatic carbocycles. The third-order valence-corrected chi connectivity index (χ3v) is 5.12. The largest absolute Gasteiger partial charge is 0.493 e. The molecule has 7 nitrogen and oxygen atoms in total. The lowest BCUT2D eigenvalue weighted by atomic mass is 9.96. The summed E-state index contributed by atoms with van der Waals surface area (Å²) in [5, 5.41) is 5.84. The van der Waals surface area contributed by atoms with Crippen molar-refractivity contribution >= 4 is 17.5 Å². The number of ether oxygens (including phenoxy) is 2. The molecule has 1 heterocycles. The fraction of sp³-hybridized carbons (Fsp3) is 0.391. The monoisotopic (exact) mass is 411 g/mol. The number of amides is 2. The number of nitrogens with zero attached hydrogens (tertiary/aromatic N) is 1. The van der Waals surface area contributed by atoms with Crippen molar-refractivity contribution in [3.8, 4) is 11.5 Å². The summed E-state index contributed by atoms with van der Waals surface area (Å²) in [5.74, 6) is 1.33. The molecule has 0 bridgehead atoms. The van der Waals surface area contributed by atoms with Gasteiger partial charge < -0.3 is 20.1 Å². The summed E-state index contributed by atoms with van der Waals surface area (Å²) in [5.41, 5.74) is 0.819. The quantitative estimate of drug-likeness (QED) is 0.620. The van der Waals surface area contributed by atoms with Crippen molar-refractivity contribution in [2.45, 2.75) is 12.8 Å². The Balaban J connectivity index is 1.31. The second-order valence-corrected chi connectivity index (χ2v) is 7.25. The standard InChI is InChI=1S/C23H29N3O4/c1-29-20-9-5-6-10-21(20)30-16-13-24-22(27)17-26-14-11-18(12-15-26)23(28)25-19-7-3-2-4-8-19/h2-10,18H,11-17H2,1H3,(H,24,27)(H,25,28). The topological polar surface area (TPSA) is 79.9 Å². The number of hydrogen-bond donors (Lipinski definition) is 2. The normalized spacial score (nSPS) is 14.7. The van der Waals surface area contributed by atoms with Gasteiger partial charge in [0, 0.05) is 11.6 Å². The molecule has 30 heavy (non-hydrogen) atoms. The maximum Gasteiger partial charge on any atom is 0.234 e. The van der Waals surface area contributed by atoms with Gasteiger partial charge in [0.25, 0.3) is 0 Å². The number of anilines is 1. The van der Waals surface area contributed by atoms with E-state index in [0.717, 1.165) is 31.6 Å². The minimum atomic E-state index is -0.0363. The lowest BCUT2D eigenvalue weighted by Crippen LogP contribution is -2.44. The molecule has 2 aromatic rings. The highest BCUT2D eigenvalue weighted by Gasteiger charge is 2.25. The highest BCUT2D eigenvalue weighted by Crippen LogP contribution is 2.25. The Morgan fingerprint density at radius 1 is 1.00 bits per heavy atom. The van der Waals surface area contributed by atoms with Gasteiger partial charge in [-0.05, 0) is 50.2 Å². The van der Waals surface area contributed by atoms with Crippen molar-refractivity contribution in [2.75, 3.05) is 45.2 Å². The highest BCUT2D eigenvalue weighted by molar-refractivity contribution is 5.92. The Labute approximate surface area is 177 Å². The molecule has 1 fully saturated rings. The van der Waals surface area contributed by atoms with Crippen molar-refractivity contribution < 1.29 is 19.1 Å². The van der Waals surface area contributed by atoms with Gasteiger partial charge in [-0.25, -0.2) is 0 Å². The van der Waals surface area contributed by atoms with E-state index in [9.17, 15) is 9.59 Å². The maximum absolute atomic E-state index is 12.4. The molecule has 3 rings (SSSR count). The first-order valence-corrected chi connectivity index (χ1v) is 10.3. The molecule has 0 unspecified atom stereocenters. The fourth-order valence-corrected chi connectivity index (χ4v) is 3.47. The average Bonchev–Trinajstić information content (AvgIpc) is 2.78. The van der Waals surface area contributed by atoms with E-state index < -0.39 is 0 Å². The first kappa shape index (κ1) is 21.6. The number of rotatable bonds is 9. The predicted octanol–water partition coefficient (Wildman–Crippen LogP) is 2.54. The number of nitrogens with one attached hydrogen (secondary N) is 2. The first-order valence-electron chi connectivity index (χ1n) is 10.3. The van der Waals surface area contributed by atoms with Gasteiger partial charge in [0.05, 0.1) is 20.2 Å². The molecule has 0 spiro atoms. The highest BCUT2D eigenvalue weighted by atomic mass is 16.5. The molecule has 0 aliphatic carbocycles. The van der Waals surface area contributed by atoms with Crippen LogP contribution in [-0.4, -0.2) is 56.6 Å². The van der Waals surface area contributed by atoms with Crippen LogP contribution in [0.4, 0.5) is 5.69 Å². The van der Waals surface area contributed by atoms with Gasteiger partial charge in [0.2, 0.25) is 11.8 Å². The molecule has 0 aromatic heterocycles. The van der Waals surface area contributed by atoms with Crippen molar-refractivity contribution in [1.29, 1.82) is 0 Å². The average molecular weight is 412 g/mol. The second kappa shape index (κ2) is 11.2. The van der Waals surface area contributed by atoms with Gasteiger partial charge in [-0.2, -0.15) is 0 Å². The maximum atomic E-state index is 12.4. The summed E-state index contributed by atoms with van der Waals surface area (Å²) < 4.78 is 10.9. The third kappa shape index (κ3) is 6.49. The lowest BCUT2D eigenvalue weighted by Gasteiger charge is -2.30. The SMILES string of the molecule is COc1ccccc1OCCNC(=O)CN1CCC(C(=O)Nc2ccccc2)CC1. The molecule has 2 N–H and O–H groups in total. The zero-order chi connectivity index (χ0) is 21.2. The molecule has 0 atom stereocenters. The van der Waals surface area contributed by atoms with E-state index in [1.807, 2.05) is 54.6 Å². The second-order valence-electron chi connectivity index (χ2n) is 7.25. The van der Waals surface area contributed by atoms with Gasteiger partial charge >= 0.3 is 0 Å². The van der Waals surface area contributed by atoms with E-state index in [-0.39, 0.29) is 17.7 Å². The molecule has 2 amide bonds. The van der Waals surface area contributed by atoms with E-state index in [4.69, 9.17) is 9.47 Å². The molecular weight excluding hydrogens is 382 g/mol. The smallest absolute Gasteiger partial charge is 0.234 e.